The van der Waals surface area contributed by atoms with Gasteiger partial charge in [0.1, 0.15) is 26.4 Å². The molecule has 0 bridgehead atoms. The molecular weight excluding hydrogens is 398 g/mol. The minimum atomic E-state index is -0.0220. The molecular formula is C24H25NO6. The van der Waals surface area contributed by atoms with Gasteiger partial charge in [-0.15, -0.1) is 0 Å². The van der Waals surface area contributed by atoms with Crippen LogP contribution in [0, 0.1) is 0 Å². The van der Waals surface area contributed by atoms with Crippen LogP contribution in [0.3, 0.4) is 0 Å². The van der Waals surface area contributed by atoms with Crippen molar-refractivity contribution in [1.82, 2.24) is 4.90 Å². The topological polar surface area (TPSA) is 66.5 Å². The second-order valence-electron chi connectivity index (χ2n) is 7.67. The Hall–Kier alpha value is -3.35. The molecule has 7 nitrogen and oxygen atoms in total. The van der Waals surface area contributed by atoms with Crippen molar-refractivity contribution in [3.8, 4) is 28.7 Å². The fourth-order valence-electron chi connectivity index (χ4n) is 4.30. The summed E-state index contributed by atoms with van der Waals surface area (Å²) in [5, 5.41) is 0. The summed E-state index contributed by atoms with van der Waals surface area (Å²) in [6.07, 6.45) is 5.30. The second-order valence-corrected chi connectivity index (χ2v) is 7.67. The molecule has 0 saturated carbocycles. The second kappa shape index (κ2) is 8.41. The van der Waals surface area contributed by atoms with Gasteiger partial charge in [0.05, 0.1) is 13.2 Å². The van der Waals surface area contributed by atoms with Crippen LogP contribution >= 0.6 is 0 Å². The number of nitrogens with zero attached hydrogens (tertiary/aromatic N) is 1. The van der Waals surface area contributed by atoms with Crippen molar-refractivity contribution in [2.45, 2.75) is 18.9 Å². The lowest BCUT2D eigenvalue weighted by Crippen LogP contribution is -2.29. The Labute approximate surface area is 181 Å². The van der Waals surface area contributed by atoms with Crippen LogP contribution in [-0.4, -0.2) is 50.9 Å². The Morgan fingerprint density at radius 3 is 2.61 bits per heavy atom. The van der Waals surface area contributed by atoms with Gasteiger partial charge in [0.2, 0.25) is 11.7 Å². The van der Waals surface area contributed by atoms with Crippen molar-refractivity contribution in [2.24, 2.45) is 0 Å². The zero-order valence-corrected chi connectivity index (χ0v) is 17.5. The summed E-state index contributed by atoms with van der Waals surface area (Å²) in [7, 11) is 1.59. The van der Waals surface area contributed by atoms with Gasteiger partial charge in [-0.05, 0) is 54.3 Å². The predicted molar refractivity (Wildman–Crippen MR) is 114 cm³/mol. The zero-order valence-electron chi connectivity index (χ0n) is 17.5. The number of hydrogen-bond donors (Lipinski definition) is 0. The summed E-state index contributed by atoms with van der Waals surface area (Å²) in [6, 6.07) is 9.70. The summed E-state index contributed by atoms with van der Waals surface area (Å²) in [4.78, 5) is 14.9. The average molecular weight is 423 g/mol. The van der Waals surface area contributed by atoms with Crippen LogP contribution in [0.5, 0.6) is 28.7 Å². The van der Waals surface area contributed by atoms with Crippen molar-refractivity contribution in [2.75, 3.05) is 40.1 Å². The van der Waals surface area contributed by atoms with E-state index in [1.807, 2.05) is 35.2 Å². The van der Waals surface area contributed by atoms with Gasteiger partial charge in [0.25, 0.3) is 0 Å². The van der Waals surface area contributed by atoms with E-state index in [9.17, 15) is 4.79 Å². The monoisotopic (exact) mass is 423 g/mol. The molecule has 0 aromatic heterocycles. The molecule has 1 atom stereocenters. The smallest absolute Gasteiger partial charge is 0.247 e. The van der Waals surface area contributed by atoms with E-state index in [0.29, 0.717) is 43.7 Å². The molecule has 3 aliphatic rings. The maximum Gasteiger partial charge on any atom is 0.247 e. The average Bonchev–Trinajstić information content (AvgIpc) is 3.32. The maximum atomic E-state index is 13.0. The lowest BCUT2D eigenvalue weighted by molar-refractivity contribution is -0.126. The van der Waals surface area contributed by atoms with Crippen molar-refractivity contribution in [3.05, 3.63) is 47.5 Å². The Balaban J connectivity index is 1.34. The van der Waals surface area contributed by atoms with Crippen LogP contribution in [0.15, 0.2) is 36.4 Å². The van der Waals surface area contributed by atoms with Crippen LogP contribution in [0.2, 0.25) is 0 Å². The number of likely N-dealkylation sites (tertiary alicyclic amines) is 1. The number of carbonyl (C=O) groups excluding carboxylic acids is 1. The van der Waals surface area contributed by atoms with E-state index in [2.05, 4.69) is 0 Å². The van der Waals surface area contributed by atoms with Crippen LogP contribution < -0.4 is 23.7 Å². The molecule has 162 valence electrons. The highest BCUT2D eigenvalue weighted by Gasteiger charge is 2.30. The van der Waals surface area contributed by atoms with E-state index < -0.39 is 0 Å². The van der Waals surface area contributed by atoms with Crippen LogP contribution in [0.25, 0.3) is 6.08 Å². The molecule has 1 unspecified atom stereocenters. The first-order valence-electron chi connectivity index (χ1n) is 10.6. The summed E-state index contributed by atoms with van der Waals surface area (Å²) < 4.78 is 28.1. The highest BCUT2D eigenvalue weighted by atomic mass is 16.6. The molecule has 0 radical (unpaired) electrons. The number of hydrogen-bond acceptors (Lipinski definition) is 6. The molecule has 3 heterocycles. The minimum absolute atomic E-state index is 0.0220. The number of carbonyl (C=O) groups is 1. The van der Waals surface area contributed by atoms with Crippen LogP contribution in [0.1, 0.15) is 30.0 Å². The first-order chi connectivity index (χ1) is 15.2. The third kappa shape index (κ3) is 3.87. The van der Waals surface area contributed by atoms with E-state index in [1.165, 1.54) is 0 Å². The molecule has 31 heavy (non-hydrogen) atoms. The number of fused-ring (bicyclic) bond motifs is 2. The third-order valence-corrected chi connectivity index (χ3v) is 5.76. The number of amides is 1. The molecule has 5 rings (SSSR count). The Kier molecular flexibility index (Phi) is 5.32. The SMILES string of the molecule is COc1cc(/C=C\C(=O)N2CCCC2c2ccc3c(c2)OCCO3)cc2c1OCCO2. The fraction of sp³-hybridized carbons (Fsp3) is 0.375. The Morgan fingerprint density at radius 1 is 1.00 bits per heavy atom. The molecule has 1 amide bonds. The van der Waals surface area contributed by atoms with Gasteiger partial charge in [-0.2, -0.15) is 0 Å². The molecule has 2 aromatic carbocycles. The van der Waals surface area contributed by atoms with E-state index in [0.717, 1.165) is 42.0 Å². The van der Waals surface area contributed by atoms with Crippen molar-refractivity contribution >= 4 is 12.0 Å². The number of ether oxygens (including phenoxy) is 5. The molecule has 3 aliphatic heterocycles. The van der Waals surface area contributed by atoms with E-state index in [1.54, 1.807) is 19.3 Å². The van der Waals surface area contributed by atoms with Crippen molar-refractivity contribution < 1.29 is 28.5 Å². The van der Waals surface area contributed by atoms with Crippen molar-refractivity contribution in [3.63, 3.8) is 0 Å². The van der Waals surface area contributed by atoms with Gasteiger partial charge in [-0.3, -0.25) is 4.79 Å². The lowest BCUT2D eigenvalue weighted by atomic mass is 10.0. The predicted octanol–water partition coefficient (Wildman–Crippen LogP) is 3.61. The number of benzene rings is 2. The number of rotatable bonds is 4. The van der Waals surface area contributed by atoms with Crippen LogP contribution in [0.4, 0.5) is 0 Å². The highest BCUT2D eigenvalue weighted by Crippen LogP contribution is 2.41. The normalized spacial score (nSPS) is 19.5. The summed E-state index contributed by atoms with van der Waals surface area (Å²) >= 11 is 0. The van der Waals surface area contributed by atoms with Crippen LogP contribution in [-0.2, 0) is 4.79 Å². The molecule has 7 heteroatoms. The quantitative estimate of drug-likeness (QED) is 0.700. The van der Waals surface area contributed by atoms with Gasteiger partial charge < -0.3 is 28.6 Å². The lowest BCUT2D eigenvalue weighted by Gasteiger charge is -2.26. The van der Waals surface area contributed by atoms with Gasteiger partial charge in [0, 0.05) is 12.6 Å². The Bertz CT molecular complexity index is 1000. The summed E-state index contributed by atoms with van der Waals surface area (Å²) in [5.41, 5.74) is 1.90. The molecule has 2 aromatic rings. The molecule has 1 fully saturated rings. The minimum Gasteiger partial charge on any atom is -0.493 e. The van der Waals surface area contributed by atoms with E-state index in [-0.39, 0.29) is 11.9 Å². The van der Waals surface area contributed by atoms with Gasteiger partial charge in [0.15, 0.2) is 23.0 Å². The standard InChI is InChI=1S/C24H25NO6/c1-27-21-13-16(14-22-24(21)31-12-11-30-22)4-7-23(26)25-8-2-3-18(25)17-5-6-19-20(15-17)29-10-9-28-19/h4-7,13-15,18H,2-3,8-12H2,1H3/b7-4-. The van der Waals surface area contributed by atoms with E-state index >= 15 is 0 Å². The highest BCUT2D eigenvalue weighted by molar-refractivity contribution is 5.92. The zero-order chi connectivity index (χ0) is 21.2. The molecule has 0 aliphatic carbocycles. The molecule has 0 spiro atoms. The first-order valence-corrected chi connectivity index (χ1v) is 10.6. The number of methoxy groups -OCH3 is 1. The summed E-state index contributed by atoms with van der Waals surface area (Å²) in [5.74, 6) is 3.33. The fourth-order valence-corrected chi connectivity index (χ4v) is 4.30. The molecule has 1 saturated heterocycles. The van der Waals surface area contributed by atoms with Gasteiger partial charge in [-0.25, -0.2) is 0 Å². The largest absolute Gasteiger partial charge is 0.493 e. The van der Waals surface area contributed by atoms with Gasteiger partial charge >= 0.3 is 0 Å². The molecule has 0 N–H and O–H groups in total. The van der Waals surface area contributed by atoms with Gasteiger partial charge in [-0.1, -0.05) is 6.07 Å². The van der Waals surface area contributed by atoms with E-state index in [4.69, 9.17) is 23.7 Å². The summed E-state index contributed by atoms with van der Waals surface area (Å²) in [6.45, 7) is 2.83. The van der Waals surface area contributed by atoms with Crippen molar-refractivity contribution in [1.29, 1.82) is 0 Å². The third-order valence-electron chi connectivity index (χ3n) is 5.76. The first kappa shape index (κ1) is 19.6. The maximum absolute atomic E-state index is 13.0. The Morgan fingerprint density at radius 2 is 1.77 bits per heavy atom.